The van der Waals surface area contributed by atoms with Gasteiger partial charge >= 0.3 is 0 Å². The number of hydrogen-bond donors (Lipinski definition) is 3. The van der Waals surface area contributed by atoms with E-state index in [2.05, 4.69) is 15.4 Å². The van der Waals surface area contributed by atoms with Crippen LogP contribution in [0.5, 0.6) is 5.75 Å². The van der Waals surface area contributed by atoms with Gasteiger partial charge in [0.15, 0.2) is 0 Å². The van der Waals surface area contributed by atoms with Crippen LogP contribution >= 0.6 is 11.6 Å². The molecular weight excluding hydrogens is 454 g/mol. The lowest BCUT2D eigenvalue weighted by atomic mass is 10.1. The molecule has 0 unspecified atom stereocenters. The fourth-order valence-corrected chi connectivity index (χ4v) is 4.08. The number of sulfonamides is 1. The van der Waals surface area contributed by atoms with Gasteiger partial charge in [-0.15, -0.1) is 0 Å². The van der Waals surface area contributed by atoms with E-state index in [0.717, 1.165) is 0 Å². The summed E-state index contributed by atoms with van der Waals surface area (Å²) in [4.78, 5) is 24.1. The molecule has 0 aromatic heterocycles. The molecule has 2 amide bonds. The highest BCUT2D eigenvalue weighted by Gasteiger charge is 2.20. The van der Waals surface area contributed by atoms with Gasteiger partial charge in [-0.2, -0.15) is 0 Å². The van der Waals surface area contributed by atoms with Crippen LogP contribution in [0.25, 0.3) is 0 Å². The van der Waals surface area contributed by atoms with E-state index < -0.39 is 15.9 Å². The Bertz CT molecular complexity index is 1260. The third-order valence-electron chi connectivity index (χ3n) is 4.31. The molecule has 3 aromatic rings. The van der Waals surface area contributed by atoms with Crippen molar-refractivity contribution in [3.8, 4) is 5.75 Å². The monoisotopic (exact) mass is 473 g/mol. The molecule has 0 aliphatic carbocycles. The van der Waals surface area contributed by atoms with E-state index in [1.807, 2.05) is 0 Å². The molecular formula is C22H20ClN3O5S. The van der Waals surface area contributed by atoms with Crippen LogP contribution in [-0.4, -0.2) is 27.3 Å². The van der Waals surface area contributed by atoms with Crippen molar-refractivity contribution in [2.45, 2.75) is 11.8 Å². The maximum atomic E-state index is 13.0. The van der Waals surface area contributed by atoms with Crippen LogP contribution in [0.3, 0.4) is 0 Å². The van der Waals surface area contributed by atoms with E-state index in [4.69, 9.17) is 16.3 Å². The summed E-state index contributed by atoms with van der Waals surface area (Å²) < 4.78 is 33.6. The van der Waals surface area contributed by atoms with Crippen molar-refractivity contribution in [2.75, 3.05) is 22.5 Å². The molecule has 0 fully saturated rings. The number of benzene rings is 3. The number of para-hydroxylation sites is 1. The zero-order valence-electron chi connectivity index (χ0n) is 17.2. The first-order valence-corrected chi connectivity index (χ1v) is 11.2. The van der Waals surface area contributed by atoms with E-state index in [9.17, 15) is 18.0 Å². The van der Waals surface area contributed by atoms with Crippen LogP contribution < -0.4 is 20.1 Å². The largest absolute Gasteiger partial charge is 0.495 e. The topological polar surface area (TPSA) is 114 Å². The van der Waals surface area contributed by atoms with E-state index >= 15 is 0 Å². The van der Waals surface area contributed by atoms with Crippen LogP contribution in [-0.2, 0) is 14.8 Å². The number of methoxy groups -OCH3 is 1. The van der Waals surface area contributed by atoms with Gasteiger partial charge in [0.1, 0.15) is 5.75 Å². The van der Waals surface area contributed by atoms with Gasteiger partial charge in [-0.05, 0) is 54.6 Å². The second-order valence-corrected chi connectivity index (χ2v) is 8.77. The van der Waals surface area contributed by atoms with E-state index in [-0.39, 0.29) is 27.7 Å². The molecule has 32 heavy (non-hydrogen) atoms. The standard InChI is InChI=1S/C22H20ClN3O5S/c1-14(27)24-20-13-17(11-12-21(20)31-2)32(29,30)26-19-6-4-3-5-18(19)22(28)25-16-9-7-15(23)8-10-16/h3-13,26H,1-2H3,(H,24,27)(H,25,28). The van der Waals surface area contributed by atoms with Crippen LogP contribution in [0.2, 0.25) is 5.02 Å². The fourth-order valence-electron chi connectivity index (χ4n) is 2.85. The third kappa shape index (κ3) is 5.57. The first kappa shape index (κ1) is 23.1. The third-order valence-corrected chi connectivity index (χ3v) is 5.93. The molecule has 0 aliphatic rings. The molecule has 0 saturated heterocycles. The first-order valence-electron chi connectivity index (χ1n) is 9.34. The predicted molar refractivity (Wildman–Crippen MR) is 124 cm³/mol. The molecule has 166 valence electrons. The Hall–Kier alpha value is -3.56. The SMILES string of the molecule is COc1ccc(S(=O)(=O)Nc2ccccc2C(=O)Nc2ccc(Cl)cc2)cc1NC(C)=O. The molecule has 0 aliphatic heterocycles. The molecule has 0 saturated carbocycles. The number of nitrogens with one attached hydrogen (secondary N) is 3. The lowest BCUT2D eigenvalue weighted by molar-refractivity contribution is -0.114. The van der Waals surface area contributed by atoms with Crippen molar-refractivity contribution in [3.05, 3.63) is 77.3 Å². The Morgan fingerprint density at radius 3 is 2.25 bits per heavy atom. The Labute approximate surface area is 190 Å². The van der Waals surface area contributed by atoms with Crippen molar-refractivity contribution in [1.29, 1.82) is 0 Å². The van der Waals surface area contributed by atoms with Gasteiger partial charge < -0.3 is 15.4 Å². The number of carbonyl (C=O) groups excluding carboxylic acids is 2. The zero-order valence-corrected chi connectivity index (χ0v) is 18.8. The van der Waals surface area contributed by atoms with Crippen LogP contribution in [0.15, 0.2) is 71.6 Å². The Kier molecular flexibility index (Phi) is 7.01. The molecule has 3 rings (SSSR count). The quantitative estimate of drug-likeness (QED) is 0.471. The molecule has 0 spiro atoms. The van der Waals surface area contributed by atoms with Gasteiger partial charge in [0, 0.05) is 17.6 Å². The van der Waals surface area contributed by atoms with Gasteiger partial charge in [0.05, 0.1) is 28.9 Å². The van der Waals surface area contributed by atoms with Crippen molar-refractivity contribution in [1.82, 2.24) is 0 Å². The number of ether oxygens (including phenoxy) is 1. The van der Waals surface area contributed by atoms with Crippen LogP contribution in [0.1, 0.15) is 17.3 Å². The summed E-state index contributed by atoms with van der Waals surface area (Å²) in [6.07, 6.45) is 0. The normalized spacial score (nSPS) is 10.8. The summed E-state index contributed by atoms with van der Waals surface area (Å²) in [5, 5.41) is 5.76. The summed E-state index contributed by atoms with van der Waals surface area (Å²) in [6.45, 7) is 1.30. The average molecular weight is 474 g/mol. The number of halogens is 1. The molecule has 0 radical (unpaired) electrons. The van der Waals surface area contributed by atoms with E-state index in [1.54, 1.807) is 36.4 Å². The second-order valence-electron chi connectivity index (χ2n) is 6.66. The molecule has 3 N–H and O–H groups in total. The highest BCUT2D eigenvalue weighted by Crippen LogP contribution is 2.29. The summed E-state index contributed by atoms with van der Waals surface area (Å²) in [5.41, 5.74) is 0.932. The molecule has 8 nitrogen and oxygen atoms in total. The van der Waals surface area contributed by atoms with Crippen molar-refractivity contribution in [2.24, 2.45) is 0 Å². The molecule has 0 heterocycles. The van der Waals surface area contributed by atoms with Gasteiger partial charge in [-0.3, -0.25) is 14.3 Å². The number of carbonyl (C=O) groups is 2. The van der Waals surface area contributed by atoms with Crippen molar-refractivity contribution < 1.29 is 22.7 Å². The Morgan fingerprint density at radius 2 is 1.59 bits per heavy atom. The summed E-state index contributed by atoms with van der Waals surface area (Å²) >= 11 is 5.86. The minimum absolute atomic E-state index is 0.0934. The lowest BCUT2D eigenvalue weighted by Crippen LogP contribution is -2.19. The number of anilines is 3. The van der Waals surface area contributed by atoms with Crippen LogP contribution in [0, 0.1) is 0 Å². The van der Waals surface area contributed by atoms with Gasteiger partial charge in [-0.25, -0.2) is 8.42 Å². The van der Waals surface area contributed by atoms with Gasteiger partial charge in [0.2, 0.25) is 5.91 Å². The lowest BCUT2D eigenvalue weighted by Gasteiger charge is -2.15. The van der Waals surface area contributed by atoms with Crippen molar-refractivity contribution in [3.63, 3.8) is 0 Å². The Balaban J connectivity index is 1.89. The maximum absolute atomic E-state index is 13.0. The number of hydrogen-bond acceptors (Lipinski definition) is 5. The first-order chi connectivity index (χ1) is 15.2. The molecule has 10 heteroatoms. The minimum Gasteiger partial charge on any atom is -0.495 e. The summed E-state index contributed by atoms with van der Waals surface area (Å²) in [6, 6.07) is 16.8. The second kappa shape index (κ2) is 9.71. The number of amides is 2. The van der Waals surface area contributed by atoms with Crippen LogP contribution in [0.4, 0.5) is 17.1 Å². The average Bonchev–Trinajstić information content (AvgIpc) is 2.75. The summed E-state index contributed by atoms with van der Waals surface area (Å²) in [5.74, 6) is -0.573. The highest BCUT2D eigenvalue weighted by atomic mass is 35.5. The number of rotatable bonds is 7. The molecule has 0 atom stereocenters. The predicted octanol–water partition coefficient (Wildman–Crippen LogP) is 4.36. The molecule has 0 bridgehead atoms. The van der Waals surface area contributed by atoms with Gasteiger partial charge in [-0.1, -0.05) is 23.7 Å². The minimum atomic E-state index is -4.09. The molecule has 3 aromatic carbocycles. The summed E-state index contributed by atoms with van der Waals surface area (Å²) in [7, 11) is -2.68. The van der Waals surface area contributed by atoms with Crippen molar-refractivity contribution >= 4 is 50.5 Å². The maximum Gasteiger partial charge on any atom is 0.261 e. The smallest absolute Gasteiger partial charge is 0.261 e. The van der Waals surface area contributed by atoms with E-state index in [1.165, 1.54) is 44.4 Å². The zero-order chi connectivity index (χ0) is 23.3. The van der Waals surface area contributed by atoms with Gasteiger partial charge in [0.25, 0.3) is 15.9 Å². The Morgan fingerprint density at radius 1 is 0.906 bits per heavy atom. The van der Waals surface area contributed by atoms with E-state index in [0.29, 0.717) is 16.5 Å². The highest BCUT2D eigenvalue weighted by molar-refractivity contribution is 7.92. The fraction of sp³-hybridized carbons (Fsp3) is 0.0909.